The van der Waals surface area contributed by atoms with Gasteiger partial charge < -0.3 is 15.2 Å². The van der Waals surface area contributed by atoms with E-state index in [4.69, 9.17) is 15.2 Å². The predicted molar refractivity (Wildman–Crippen MR) is 71.9 cm³/mol. The van der Waals surface area contributed by atoms with Crippen LogP contribution in [0.25, 0.3) is 0 Å². The normalized spacial score (nSPS) is 16.8. The van der Waals surface area contributed by atoms with Crippen molar-refractivity contribution in [3.05, 3.63) is 23.8 Å². The third kappa shape index (κ3) is 3.30. The van der Waals surface area contributed by atoms with E-state index < -0.39 is 0 Å². The number of nitrogens with two attached hydrogens (primary N) is 1. The minimum atomic E-state index is 0.328. The van der Waals surface area contributed by atoms with Crippen molar-refractivity contribution < 1.29 is 9.47 Å². The molecule has 3 nitrogen and oxygen atoms in total. The summed E-state index contributed by atoms with van der Waals surface area (Å²) in [4.78, 5) is 0. The van der Waals surface area contributed by atoms with Crippen molar-refractivity contribution in [1.82, 2.24) is 0 Å². The monoisotopic (exact) mass is 253 g/mol. The van der Waals surface area contributed by atoms with E-state index in [2.05, 4.69) is 0 Å². The van der Waals surface area contributed by atoms with E-state index in [9.17, 15) is 0 Å². The smallest absolute Gasteiger partial charge is 0.161 e. The van der Waals surface area contributed by atoms with Gasteiger partial charge in [0.05, 0.1) is 7.11 Å². The lowest BCUT2D eigenvalue weighted by Gasteiger charge is -2.23. The zero-order valence-corrected chi connectivity index (χ0v) is 11.0. The van der Waals surface area contributed by atoms with Crippen LogP contribution >= 0.6 is 11.8 Å². The molecule has 0 unspecified atom stereocenters. The highest BCUT2D eigenvalue weighted by molar-refractivity contribution is 7.99. The first-order valence-corrected chi connectivity index (χ1v) is 7.10. The number of rotatable bonds is 4. The molecule has 1 aromatic carbocycles. The van der Waals surface area contributed by atoms with Gasteiger partial charge in [-0.05, 0) is 42.0 Å². The van der Waals surface area contributed by atoms with Crippen LogP contribution in [0.2, 0.25) is 0 Å². The fourth-order valence-electron chi connectivity index (χ4n) is 1.91. The van der Waals surface area contributed by atoms with Crippen molar-refractivity contribution in [2.75, 3.05) is 18.6 Å². The number of thioether (sulfide) groups is 1. The molecule has 0 radical (unpaired) electrons. The molecule has 1 fully saturated rings. The van der Waals surface area contributed by atoms with Gasteiger partial charge in [0.15, 0.2) is 11.5 Å². The average molecular weight is 253 g/mol. The molecule has 1 aromatic rings. The Balaban J connectivity index is 2.08. The summed E-state index contributed by atoms with van der Waals surface area (Å²) in [5, 5.41) is 0. The lowest BCUT2D eigenvalue weighted by molar-refractivity contribution is 0.184. The average Bonchev–Trinajstić information content (AvgIpc) is 2.40. The molecule has 1 heterocycles. The van der Waals surface area contributed by atoms with Gasteiger partial charge in [0.2, 0.25) is 0 Å². The maximum Gasteiger partial charge on any atom is 0.161 e. The highest BCUT2D eigenvalue weighted by Crippen LogP contribution is 2.31. The number of hydrogen-bond acceptors (Lipinski definition) is 4. The minimum absolute atomic E-state index is 0.328. The lowest BCUT2D eigenvalue weighted by Crippen LogP contribution is -2.22. The number of benzene rings is 1. The first-order valence-electron chi connectivity index (χ1n) is 5.95. The van der Waals surface area contributed by atoms with Gasteiger partial charge in [0.1, 0.15) is 6.10 Å². The maximum absolute atomic E-state index is 6.00. The third-order valence-corrected chi connectivity index (χ3v) is 3.97. The Hall–Kier alpha value is -0.870. The molecule has 1 aliphatic rings. The van der Waals surface area contributed by atoms with Gasteiger partial charge in [-0.25, -0.2) is 0 Å². The molecule has 0 bridgehead atoms. The van der Waals surface area contributed by atoms with Crippen molar-refractivity contribution in [3.8, 4) is 11.5 Å². The molecule has 2 N–H and O–H groups in total. The fraction of sp³-hybridized carbons (Fsp3) is 0.538. The van der Waals surface area contributed by atoms with E-state index in [1.165, 1.54) is 11.5 Å². The fourth-order valence-corrected chi connectivity index (χ4v) is 2.97. The zero-order valence-electron chi connectivity index (χ0n) is 10.1. The molecule has 0 aromatic heterocycles. The Labute approximate surface area is 107 Å². The van der Waals surface area contributed by atoms with E-state index >= 15 is 0 Å². The number of hydrogen-bond donors (Lipinski definition) is 1. The molecule has 94 valence electrons. The summed E-state index contributed by atoms with van der Waals surface area (Å²) in [6.07, 6.45) is 2.56. The first kappa shape index (κ1) is 12.6. The molecule has 0 atom stereocenters. The molecule has 0 amide bonds. The maximum atomic E-state index is 6.00. The van der Waals surface area contributed by atoms with Crippen LogP contribution in [-0.4, -0.2) is 24.7 Å². The van der Waals surface area contributed by atoms with Gasteiger partial charge in [-0.1, -0.05) is 6.07 Å². The van der Waals surface area contributed by atoms with Gasteiger partial charge in [-0.15, -0.1) is 0 Å². The minimum Gasteiger partial charge on any atom is -0.493 e. The standard InChI is InChI=1S/C13H19NO2S/c1-15-13-8-10(9-14)2-3-12(13)16-11-4-6-17-7-5-11/h2-3,8,11H,4-7,9,14H2,1H3. The summed E-state index contributed by atoms with van der Waals surface area (Å²) in [7, 11) is 1.67. The molecule has 4 heteroatoms. The largest absolute Gasteiger partial charge is 0.493 e. The second-order valence-corrected chi connectivity index (χ2v) is 5.34. The Kier molecular flexibility index (Phi) is 4.57. The van der Waals surface area contributed by atoms with Crippen molar-refractivity contribution in [1.29, 1.82) is 0 Å². The Bertz CT molecular complexity index is 364. The summed E-state index contributed by atoms with van der Waals surface area (Å²) >= 11 is 2.00. The highest BCUT2D eigenvalue weighted by Gasteiger charge is 2.17. The quantitative estimate of drug-likeness (QED) is 0.895. The van der Waals surface area contributed by atoms with Gasteiger partial charge in [0, 0.05) is 6.54 Å². The molecule has 2 rings (SSSR count). The summed E-state index contributed by atoms with van der Waals surface area (Å²) in [5.74, 6) is 4.00. The first-order chi connectivity index (χ1) is 8.33. The molecule has 17 heavy (non-hydrogen) atoms. The summed E-state index contributed by atoms with van der Waals surface area (Å²) in [5.41, 5.74) is 6.67. The Morgan fingerprint density at radius 1 is 1.29 bits per heavy atom. The van der Waals surface area contributed by atoms with Crippen molar-refractivity contribution in [2.24, 2.45) is 5.73 Å². The second kappa shape index (κ2) is 6.17. The van der Waals surface area contributed by atoms with Crippen molar-refractivity contribution in [2.45, 2.75) is 25.5 Å². The van der Waals surface area contributed by atoms with Crippen molar-refractivity contribution >= 4 is 11.8 Å². The van der Waals surface area contributed by atoms with E-state index in [1.54, 1.807) is 7.11 Å². The van der Waals surface area contributed by atoms with E-state index in [-0.39, 0.29) is 0 Å². The van der Waals surface area contributed by atoms with Crippen LogP contribution in [0, 0.1) is 0 Å². The number of methoxy groups -OCH3 is 1. The van der Waals surface area contributed by atoms with Gasteiger partial charge in [-0.3, -0.25) is 0 Å². The van der Waals surface area contributed by atoms with Crippen LogP contribution in [0.1, 0.15) is 18.4 Å². The SMILES string of the molecule is COc1cc(CN)ccc1OC1CCSCC1. The van der Waals surface area contributed by atoms with Crippen molar-refractivity contribution in [3.63, 3.8) is 0 Å². The molecule has 1 saturated heterocycles. The van der Waals surface area contributed by atoms with E-state index in [1.807, 2.05) is 30.0 Å². The van der Waals surface area contributed by atoms with Crippen LogP contribution in [0.4, 0.5) is 0 Å². The molecular weight excluding hydrogens is 234 g/mol. The highest BCUT2D eigenvalue weighted by atomic mass is 32.2. The summed E-state index contributed by atoms with van der Waals surface area (Å²) in [6, 6.07) is 5.91. The van der Waals surface area contributed by atoms with Crippen LogP contribution in [-0.2, 0) is 6.54 Å². The van der Waals surface area contributed by atoms with Gasteiger partial charge in [-0.2, -0.15) is 11.8 Å². The molecule has 0 spiro atoms. The molecule has 0 saturated carbocycles. The summed E-state index contributed by atoms with van der Waals surface area (Å²) < 4.78 is 11.3. The van der Waals surface area contributed by atoms with Gasteiger partial charge >= 0.3 is 0 Å². The van der Waals surface area contributed by atoms with Crippen LogP contribution in [0.5, 0.6) is 11.5 Å². The van der Waals surface area contributed by atoms with Crippen LogP contribution < -0.4 is 15.2 Å². The van der Waals surface area contributed by atoms with Crippen LogP contribution in [0.15, 0.2) is 18.2 Å². The Morgan fingerprint density at radius 3 is 2.71 bits per heavy atom. The molecular formula is C13H19NO2S. The zero-order chi connectivity index (χ0) is 12.1. The lowest BCUT2D eigenvalue weighted by atomic mass is 10.2. The second-order valence-electron chi connectivity index (χ2n) is 4.12. The molecule has 0 aliphatic carbocycles. The predicted octanol–water partition coefficient (Wildman–Crippen LogP) is 2.43. The van der Waals surface area contributed by atoms with Crippen LogP contribution in [0.3, 0.4) is 0 Å². The summed E-state index contributed by atoms with van der Waals surface area (Å²) in [6.45, 7) is 0.525. The Morgan fingerprint density at radius 2 is 2.06 bits per heavy atom. The molecule has 1 aliphatic heterocycles. The van der Waals surface area contributed by atoms with Gasteiger partial charge in [0.25, 0.3) is 0 Å². The van der Waals surface area contributed by atoms with E-state index in [0.717, 1.165) is 29.9 Å². The van der Waals surface area contributed by atoms with E-state index in [0.29, 0.717) is 12.6 Å². The number of ether oxygens (including phenoxy) is 2. The third-order valence-electron chi connectivity index (χ3n) is 2.93. The topological polar surface area (TPSA) is 44.5 Å².